The lowest BCUT2D eigenvalue weighted by atomic mass is 10.1. The van der Waals surface area contributed by atoms with Gasteiger partial charge in [-0.25, -0.2) is 0 Å². The van der Waals surface area contributed by atoms with Gasteiger partial charge in [-0.1, -0.05) is 0 Å². The van der Waals surface area contributed by atoms with Gasteiger partial charge in [0.25, 0.3) is 5.91 Å². The number of fused-ring (bicyclic) bond motifs is 1. The third kappa shape index (κ3) is 2.79. The summed E-state index contributed by atoms with van der Waals surface area (Å²) in [6, 6.07) is 5.64. The third-order valence-corrected chi connectivity index (χ3v) is 3.51. The van der Waals surface area contributed by atoms with Crippen LogP contribution in [0.1, 0.15) is 35.0 Å². The smallest absolute Gasteiger partial charge is 0.251 e. The van der Waals surface area contributed by atoms with Crippen LogP contribution >= 0.6 is 0 Å². The van der Waals surface area contributed by atoms with Gasteiger partial charge in [0.15, 0.2) is 0 Å². The summed E-state index contributed by atoms with van der Waals surface area (Å²) < 4.78 is 0. The topological polar surface area (TPSA) is 65.1 Å². The Labute approximate surface area is 112 Å². The SMILES string of the molecule is Cc1[nH]c2ccc(C(=O)NC(C)CCO)cc2c1C. The second-order valence-electron chi connectivity index (χ2n) is 5.02. The molecule has 1 amide bonds. The van der Waals surface area contributed by atoms with Crippen LogP contribution < -0.4 is 5.32 Å². The summed E-state index contributed by atoms with van der Waals surface area (Å²) in [7, 11) is 0. The average Bonchev–Trinajstić information content (AvgIpc) is 2.65. The molecule has 4 nitrogen and oxygen atoms in total. The number of nitrogens with one attached hydrogen (secondary N) is 2. The number of aryl methyl sites for hydroxylation is 2. The number of hydrogen-bond donors (Lipinski definition) is 3. The molecule has 19 heavy (non-hydrogen) atoms. The van der Waals surface area contributed by atoms with Crippen molar-refractivity contribution in [3.63, 3.8) is 0 Å². The molecule has 0 aliphatic carbocycles. The van der Waals surface area contributed by atoms with Gasteiger partial charge in [-0.05, 0) is 51.0 Å². The van der Waals surface area contributed by atoms with Crippen molar-refractivity contribution in [1.29, 1.82) is 0 Å². The normalized spacial score (nSPS) is 12.6. The first-order chi connectivity index (χ1) is 9.02. The van der Waals surface area contributed by atoms with Gasteiger partial charge < -0.3 is 15.4 Å². The molecule has 1 atom stereocenters. The van der Waals surface area contributed by atoms with Gasteiger partial charge in [0.2, 0.25) is 0 Å². The fourth-order valence-electron chi connectivity index (χ4n) is 2.18. The summed E-state index contributed by atoms with van der Waals surface area (Å²) in [5.41, 5.74) is 4.00. The summed E-state index contributed by atoms with van der Waals surface area (Å²) in [5.74, 6) is -0.0962. The first kappa shape index (κ1) is 13.6. The molecule has 1 aromatic carbocycles. The Hall–Kier alpha value is -1.81. The van der Waals surface area contributed by atoms with Crippen LogP contribution in [0.15, 0.2) is 18.2 Å². The largest absolute Gasteiger partial charge is 0.396 e. The van der Waals surface area contributed by atoms with E-state index < -0.39 is 0 Å². The molecular formula is C15H20N2O2. The molecule has 2 rings (SSSR count). The maximum atomic E-state index is 12.1. The Morgan fingerprint density at radius 1 is 1.42 bits per heavy atom. The summed E-state index contributed by atoms with van der Waals surface area (Å²) in [6.07, 6.45) is 0.566. The van der Waals surface area contributed by atoms with Crippen LogP contribution in [-0.2, 0) is 0 Å². The van der Waals surface area contributed by atoms with Crippen LogP contribution in [0.5, 0.6) is 0 Å². The molecule has 0 saturated carbocycles. The Morgan fingerprint density at radius 3 is 2.84 bits per heavy atom. The lowest BCUT2D eigenvalue weighted by molar-refractivity contribution is 0.0934. The highest BCUT2D eigenvalue weighted by molar-refractivity contribution is 5.99. The zero-order valence-electron chi connectivity index (χ0n) is 11.6. The lowest BCUT2D eigenvalue weighted by Crippen LogP contribution is -2.33. The quantitative estimate of drug-likeness (QED) is 0.789. The predicted molar refractivity (Wildman–Crippen MR) is 76.4 cm³/mol. The third-order valence-electron chi connectivity index (χ3n) is 3.51. The van der Waals surface area contributed by atoms with Crippen molar-refractivity contribution in [3.05, 3.63) is 35.0 Å². The number of rotatable bonds is 4. The van der Waals surface area contributed by atoms with E-state index in [0.29, 0.717) is 12.0 Å². The van der Waals surface area contributed by atoms with Gasteiger partial charge in [0.05, 0.1) is 0 Å². The molecule has 0 aliphatic heterocycles. The van der Waals surface area contributed by atoms with E-state index in [9.17, 15) is 4.79 Å². The molecule has 0 saturated heterocycles. The highest BCUT2D eigenvalue weighted by atomic mass is 16.3. The van der Waals surface area contributed by atoms with Gasteiger partial charge in [-0.3, -0.25) is 4.79 Å². The predicted octanol–water partition coefficient (Wildman–Crippen LogP) is 2.29. The van der Waals surface area contributed by atoms with Crippen molar-refractivity contribution in [3.8, 4) is 0 Å². The fraction of sp³-hybridized carbons (Fsp3) is 0.400. The molecule has 0 radical (unpaired) electrons. The molecule has 0 spiro atoms. The highest BCUT2D eigenvalue weighted by Crippen LogP contribution is 2.22. The minimum atomic E-state index is -0.0962. The van der Waals surface area contributed by atoms with Crippen LogP contribution in [0, 0.1) is 13.8 Å². The summed E-state index contributed by atoms with van der Waals surface area (Å²) in [5, 5.41) is 12.8. The second-order valence-corrected chi connectivity index (χ2v) is 5.02. The molecule has 1 heterocycles. The van der Waals surface area contributed by atoms with Gasteiger partial charge >= 0.3 is 0 Å². The first-order valence-corrected chi connectivity index (χ1v) is 6.53. The van der Waals surface area contributed by atoms with Crippen LogP contribution in [0.25, 0.3) is 10.9 Å². The van der Waals surface area contributed by atoms with Gasteiger partial charge in [0.1, 0.15) is 0 Å². The minimum absolute atomic E-state index is 0.0257. The van der Waals surface area contributed by atoms with Crippen LogP contribution in [0.2, 0.25) is 0 Å². The molecular weight excluding hydrogens is 240 g/mol. The number of benzene rings is 1. The lowest BCUT2D eigenvalue weighted by Gasteiger charge is -2.12. The zero-order valence-corrected chi connectivity index (χ0v) is 11.6. The summed E-state index contributed by atoms with van der Waals surface area (Å²) >= 11 is 0. The van der Waals surface area contributed by atoms with Crippen molar-refractivity contribution in [2.75, 3.05) is 6.61 Å². The number of aliphatic hydroxyl groups excluding tert-OH is 1. The van der Waals surface area contributed by atoms with E-state index in [2.05, 4.69) is 10.3 Å². The number of carbonyl (C=O) groups is 1. The Kier molecular flexibility index (Phi) is 3.90. The van der Waals surface area contributed by atoms with E-state index in [1.54, 1.807) is 0 Å². The van der Waals surface area contributed by atoms with Crippen molar-refractivity contribution >= 4 is 16.8 Å². The molecule has 0 bridgehead atoms. The van der Waals surface area contributed by atoms with Gasteiger partial charge in [-0.15, -0.1) is 0 Å². The molecule has 4 heteroatoms. The summed E-state index contributed by atoms with van der Waals surface area (Å²) in [6.45, 7) is 6.04. The van der Waals surface area contributed by atoms with Crippen molar-refractivity contribution in [2.45, 2.75) is 33.2 Å². The standard InChI is InChI=1S/C15H20N2O2/c1-9(6-7-18)16-15(19)12-4-5-14-13(8-12)10(2)11(3)17-14/h4-5,8-9,17-18H,6-7H2,1-3H3,(H,16,19). The van der Waals surface area contributed by atoms with Crippen molar-refractivity contribution < 1.29 is 9.90 Å². The summed E-state index contributed by atoms with van der Waals surface area (Å²) in [4.78, 5) is 15.4. The Balaban J connectivity index is 2.25. The minimum Gasteiger partial charge on any atom is -0.396 e. The van der Waals surface area contributed by atoms with E-state index in [1.165, 1.54) is 5.56 Å². The number of aromatic amines is 1. The molecule has 3 N–H and O–H groups in total. The van der Waals surface area contributed by atoms with E-state index in [-0.39, 0.29) is 18.6 Å². The maximum absolute atomic E-state index is 12.1. The van der Waals surface area contributed by atoms with Crippen LogP contribution in [0.4, 0.5) is 0 Å². The molecule has 102 valence electrons. The number of aromatic nitrogens is 1. The van der Waals surface area contributed by atoms with Gasteiger partial charge in [0, 0.05) is 34.8 Å². The van der Waals surface area contributed by atoms with Gasteiger partial charge in [-0.2, -0.15) is 0 Å². The van der Waals surface area contributed by atoms with E-state index in [4.69, 9.17) is 5.11 Å². The van der Waals surface area contributed by atoms with Crippen LogP contribution in [0.3, 0.4) is 0 Å². The van der Waals surface area contributed by atoms with Crippen molar-refractivity contribution in [2.24, 2.45) is 0 Å². The number of H-pyrrole nitrogens is 1. The molecule has 1 unspecified atom stereocenters. The van der Waals surface area contributed by atoms with E-state index in [1.807, 2.05) is 39.0 Å². The fourth-order valence-corrected chi connectivity index (χ4v) is 2.18. The highest BCUT2D eigenvalue weighted by Gasteiger charge is 2.11. The first-order valence-electron chi connectivity index (χ1n) is 6.53. The molecule has 0 aliphatic rings. The molecule has 2 aromatic rings. The van der Waals surface area contributed by atoms with E-state index in [0.717, 1.165) is 16.6 Å². The van der Waals surface area contributed by atoms with E-state index >= 15 is 0 Å². The Bertz CT molecular complexity index is 601. The average molecular weight is 260 g/mol. The number of hydrogen-bond acceptors (Lipinski definition) is 2. The second kappa shape index (κ2) is 5.45. The van der Waals surface area contributed by atoms with Crippen LogP contribution in [-0.4, -0.2) is 28.6 Å². The Morgan fingerprint density at radius 2 is 2.16 bits per heavy atom. The monoisotopic (exact) mass is 260 g/mol. The number of amides is 1. The van der Waals surface area contributed by atoms with Crippen molar-refractivity contribution in [1.82, 2.24) is 10.3 Å². The molecule has 1 aromatic heterocycles. The number of carbonyl (C=O) groups excluding carboxylic acids is 1. The number of aliphatic hydroxyl groups is 1. The molecule has 0 fully saturated rings. The maximum Gasteiger partial charge on any atom is 0.251 e. The zero-order chi connectivity index (χ0) is 14.0.